The van der Waals surface area contributed by atoms with E-state index in [2.05, 4.69) is 24.2 Å². The fraction of sp³-hybridized carbons (Fsp3) is 0.800. The van der Waals surface area contributed by atoms with Gasteiger partial charge >= 0.3 is 0 Å². The average molecular weight is 200 g/mol. The molecular formula is C10H20N2O2. The van der Waals surface area contributed by atoms with Crippen LogP contribution in [0.2, 0.25) is 0 Å². The molecule has 0 saturated carbocycles. The summed E-state index contributed by atoms with van der Waals surface area (Å²) < 4.78 is 0. The molecule has 2 N–H and O–H groups in total. The van der Waals surface area contributed by atoms with Gasteiger partial charge in [0.15, 0.2) is 0 Å². The highest BCUT2D eigenvalue weighted by atomic mass is 16.4. The van der Waals surface area contributed by atoms with Crippen LogP contribution in [0.15, 0.2) is 10.3 Å². The van der Waals surface area contributed by atoms with Gasteiger partial charge in [0.25, 0.3) is 0 Å². The van der Waals surface area contributed by atoms with Gasteiger partial charge in [-0.2, -0.15) is 0 Å². The Morgan fingerprint density at radius 2 is 1.21 bits per heavy atom. The third-order valence-electron chi connectivity index (χ3n) is 2.11. The highest BCUT2D eigenvalue weighted by molar-refractivity contribution is 6.42. The van der Waals surface area contributed by atoms with Crippen molar-refractivity contribution in [1.29, 1.82) is 0 Å². The van der Waals surface area contributed by atoms with E-state index in [1.54, 1.807) is 0 Å². The monoisotopic (exact) mass is 200 g/mol. The van der Waals surface area contributed by atoms with Crippen LogP contribution in [0.1, 0.15) is 52.4 Å². The van der Waals surface area contributed by atoms with E-state index in [0.29, 0.717) is 24.3 Å². The summed E-state index contributed by atoms with van der Waals surface area (Å²) in [6.45, 7) is 4.13. The summed E-state index contributed by atoms with van der Waals surface area (Å²) in [5, 5.41) is 23.9. The van der Waals surface area contributed by atoms with Gasteiger partial charge in [-0.15, -0.1) is 0 Å². The van der Waals surface area contributed by atoms with E-state index in [1.165, 1.54) is 0 Å². The van der Waals surface area contributed by atoms with Crippen LogP contribution in [0, 0.1) is 0 Å². The van der Waals surface area contributed by atoms with Crippen molar-refractivity contribution in [2.24, 2.45) is 10.3 Å². The Labute approximate surface area is 85.3 Å². The van der Waals surface area contributed by atoms with Crippen LogP contribution in [-0.4, -0.2) is 21.8 Å². The molecule has 0 spiro atoms. The molecule has 4 nitrogen and oxygen atoms in total. The van der Waals surface area contributed by atoms with Crippen molar-refractivity contribution < 1.29 is 10.4 Å². The third-order valence-corrected chi connectivity index (χ3v) is 2.11. The first-order valence-electron chi connectivity index (χ1n) is 5.22. The lowest BCUT2D eigenvalue weighted by Crippen LogP contribution is -2.14. The maximum absolute atomic E-state index is 8.75. The van der Waals surface area contributed by atoms with Crippen LogP contribution in [0.4, 0.5) is 0 Å². The van der Waals surface area contributed by atoms with Crippen LogP contribution in [0.5, 0.6) is 0 Å². The van der Waals surface area contributed by atoms with Crippen molar-refractivity contribution in [3.8, 4) is 0 Å². The number of rotatable bonds is 7. The molecule has 0 rings (SSSR count). The van der Waals surface area contributed by atoms with Gasteiger partial charge in [-0.25, -0.2) is 0 Å². The number of oxime groups is 2. The van der Waals surface area contributed by atoms with Crippen LogP contribution in [-0.2, 0) is 0 Å². The predicted molar refractivity (Wildman–Crippen MR) is 57.5 cm³/mol. The quantitative estimate of drug-likeness (QED) is 0.377. The second kappa shape index (κ2) is 8.53. The second-order valence-corrected chi connectivity index (χ2v) is 3.30. The number of nitrogens with zero attached hydrogens (tertiary/aromatic N) is 2. The molecule has 0 aromatic rings. The van der Waals surface area contributed by atoms with Crippen molar-refractivity contribution in [1.82, 2.24) is 0 Å². The molecule has 0 aromatic heterocycles. The summed E-state index contributed by atoms with van der Waals surface area (Å²) in [4.78, 5) is 0. The van der Waals surface area contributed by atoms with Crippen LogP contribution in [0.25, 0.3) is 0 Å². The Balaban J connectivity index is 4.18. The molecule has 4 heteroatoms. The highest BCUT2D eigenvalue weighted by Crippen LogP contribution is 2.05. The molecule has 14 heavy (non-hydrogen) atoms. The lowest BCUT2D eigenvalue weighted by atomic mass is 10.0. The predicted octanol–water partition coefficient (Wildman–Crippen LogP) is 3.03. The maximum Gasteiger partial charge on any atom is 0.104 e. The van der Waals surface area contributed by atoms with E-state index in [0.717, 1.165) is 25.7 Å². The van der Waals surface area contributed by atoms with Crippen molar-refractivity contribution in [2.45, 2.75) is 52.4 Å². The van der Waals surface area contributed by atoms with E-state index in [-0.39, 0.29) is 0 Å². The van der Waals surface area contributed by atoms with Gasteiger partial charge in [0.2, 0.25) is 0 Å². The summed E-state index contributed by atoms with van der Waals surface area (Å²) in [6, 6.07) is 0. The zero-order valence-electron chi connectivity index (χ0n) is 9.03. The first-order chi connectivity index (χ1) is 6.79. The molecule has 0 aliphatic carbocycles. The van der Waals surface area contributed by atoms with Crippen molar-refractivity contribution in [2.75, 3.05) is 0 Å². The van der Waals surface area contributed by atoms with E-state index in [9.17, 15) is 0 Å². The largest absolute Gasteiger partial charge is 0.411 e. The Morgan fingerprint density at radius 3 is 1.43 bits per heavy atom. The van der Waals surface area contributed by atoms with Crippen molar-refractivity contribution >= 4 is 11.4 Å². The molecule has 0 radical (unpaired) electrons. The fourth-order valence-electron chi connectivity index (χ4n) is 1.19. The number of hydrogen-bond donors (Lipinski definition) is 2. The van der Waals surface area contributed by atoms with Crippen molar-refractivity contribution in [3.05, 3.63) is 0 Å². The zero-order chi connectivity index (χ0) is 10.8. The van der Waals surface area contributed by atoms with E-state index < -0.39 is 0 Å². The van der Waals surface area contributed by atoms with Gasteiger partial charge in [0, 0.05) is 0 Å². The second-order valence-electron chi connectivity index (χ2n) is 3.30. The molecule has 82 valence electrons. The normalized spacial score (nSPS) is 13.3. The minimum Gasteiger partial charge on any atom is -0.411 e. The van der Waals surface area contributed by atoms with Gasteiger partial charge in [0.1, 0.15) is 11.4 Å². The molecule has 0 unspecified atom stereocenters. The lowest BCUT2D eigenvalue weighted by molar-refractivity contribution is 0.312. The molecule has 0 amide bonds. The molecule has 0 saturated heterocycles. The van der Waals surface area contributed by atoms with Gasteiger partial charge in [-0.3, -0.25) is 0 Å². The van der Waals surface area contributed by atoms with Crippen LogP contribution in [0.3, 0.4) is 0 Å². The molecule has 0 atom stereocenters. The molecular weight excluding hydrogens is 180 g/mol. The van der Waals surface area contributed by atoms with Gasteiger partial charge in [-0.05, 0) is 25.7 Å². The van der Waals surface area contributed by atoms with E-state index in [1.807, 2.05) is 0 Å². The van der Waals surface area contributed by atoms with Crippen molar-refractivity contribution in [3.63, 3.8) is 0 Å². The number of unbranched alkanes of at least 4 members (excludes halogenated alkanes) is 2. The van der Waals surface area contributed by atoms with Crippen LogP contribution >= 0.6 is 0 Å². The first-order valence-corrected chi connectivity index (χ1v) is 5.22. The molecule has 0 heterocycles. The Hall–Kier alpha value is -1.06. The zero-order valence-corrected chi connectivity index (χ0v) is 9.03. The first kappa shape index (κ1) is 12.9. The smallest absolute Gasteiger partial charge is 0.104 e. The van der Waals surface area contributed by atoms with E-state index in [4.69, 9.17) is 10.4 Å². The average Bonchev–Trinajstić information content (AvgIpc) is 2.23. The topological polar surface area (TPSA) is 65.2 Å². The summed E-state index contributed by atoms with van der Waals surface area (Å²) in [6.07, 6.45) is 5.32. The molecule has 0 aliphatic heterocycles. The molecule has 0 fully saturated rings. The molecule has 0 aromatic carbocycles. The summed E-state index contributed by atoms with van der Waals surface area (Å²) in [5.41, 5.74) is 1.03. The minimum absolute atomic E-state index is 0.516. The number of hydrogen-bond acceptors (Lipinski definition) is 4. The Kier molecular flexibility index (Phi) is 7.89. The van der Waals surface area contributed by atoms with E-state index >= 15 is 0 Å². The standard InChI is InChI=1S/C10H20N2O2/c1-3-5-7-9(11-13)10(12-14)8-6-4-2/h13-14H,3-8H2,1-2H3. The Morgan fingerprint density at radius 1 is 0.857 bits per heavy atom. The molecule has 0 aliphatic rings. The highest BCUT2D eigenvalue weighted by Gasteiger charge is 2.09. The maximum atomic E-state index is 8.75. The SMILES string of the molecule is CCCCC(=NO)C(CCCC)=NO. The minimum atomic E-state index is 0.516. The summed E-state index contributed by atoms with van der Waals surface area (Å²) >= 11 is 0. The van der Waals surface area contributed by atoms with Gasteiger partial charge in [-0.1, -0.05) is 37.0 Å². The van der Waals surface area contributed by atoms with Crippen LogP contribution < -0.4 is 0 Å². The summed E-state index contributed by atoms with van der Waals surface area (Å²) in [5.74, 6) is 0. The fourth-order valence-corrected chi connectivity index (χ4v) is 1.19. The van der Waals surface area contributed by atoms with Gasteiger partial charge < -0.3 is 10.4 Å². The molecule has 0 bridgehead atoms. The Bertz CT molecular complexity index is 178. The summed E-state index contributed by atoms with van der Waals surface area (Å²) in [7, 11) is 0. The lowest BCUT2D eigenvalue weighted by Gasteiger charge is -2.04. The third kappa shape index (κ3) is 4.84. The van der Waals surface area contributed by atoms with Gasteiger partial charge in [0.05, 0.1) is 0 Å².